The van der Waals surface area contributed by atoms with Gasteiger partial charge in [-0.05, 0) is 24.3 Å². The number of anilines is 2. The van der Waals surface area contributed by atoms with Crippen molar-refractivity contribution in [3.8, 4) is 11.5 Å². The second kappa shape index (κ2) is 24.4. The number of carbonyl (C=O) groups is 2. The Hall–Kier alpha value is -3.61. The van der Waals surface area contributed by atoms with Crippen LogP contribution in [-0.2, 0) is 48.1 Å². The first-order valence-corrected chi connectivity index (χ1v) is 27.5. The number of hydrogen-bond acceptors (Lipinski definition) is 11. The van der Waals surface area contributed by atoms with Gasteiger partial charge in [0.15, 0.2) is 17.9 Å². The molecule has 2 aliphatic rings. The van der Waals surface area contributed by atoms with Crippen LogP contribution in [0.4, 0.5) is 37.7 Å². The molecule has 2 fully saturated rings. The van der Waals surface area contributed by atoms with Gasteiger partial charge in [0, 0.05) is 82.4 Å². The third kappa shape index (κ3) is 14.2. The van der Waals surface area contributed by atoms with E-state index in [-0.39, 0.29) is 30.4 Å². The van der Waals surface area contributed by atoms with E-state index in [1.165, 1.54) is 14.2 Å². The molecule has 16 nitrogen and oxygen atoms in total. The number of rotatable bonds is 11. The van der Waals surface area contributed by atoms with Gasteiger partial charge in [0.05, 0.1) is 45.7 Å². The van der Waals surface area contributed by atoms with Crippen LogP contribution in [0, 0.1) is 5.53 Å². The number of alkyl halides is 6. The number of methoxy groups -OCH3 is 2. The van der Waals surface area contributed by atoms with Crippen molar-refractivity contribution < 1.29 is 45.4 Å². The van der Waals surface area contributed by atoms with Crippen LogP contribution in [-0.4, -0.2) is 127 Å². The molecule has 65 heavy (non-hydrogen) atoms. The quantitative estimate of drug-likeness (QED) is 0.0662. The van der Waals surface area contributed by atoms with Gasteiger partial charge >= 0.3 is 49.1 Å². The van der Waals surface area contributed by atoms with Crippen LogP contribution in [0.15, 0.2) is 41.5 Å². The summed E-state index contributed by atoms with van der Waals surface area (Å²) in [6, 6.07) is 10.8. The Bertz CT molecular complexity index is 2320. The summed E-state index contributed by atoms with van der Waals surface area (Å²) in [6.07, 6.45) is -9.51. The minimum absolute atomic E-state index is 0.0239. The monoisotopic (exact) mass is 1150 g/mol. The van der Waals surface area contributed by atoms with Gasteiger partial charge in [-0.3, -0.25) is 19.0 Å². The van der Waals surface area contributed by atoms with Crippen molar-refractivity contribution in [3.05, 3.63) is 79.3 Å². The number of piperazine rings is 2. The number of benzene rings is 2. The number of hydrogen-bond donors (Lipinski definition) is 2. The third-order valence-corrected chi connectivity index (χ3v) is 11.3. The van der Waals surface area contributed by atoms with E-state index in [4.69, 9.17) is 85.0 Å². The number of nitrogens with two attached hydrogens (primary N) is 1. The van der Waals surface area contributed by atoms with Gasteiger partial charge < -0.3 is 34.8 Å². The van der Waals surface area contributed by atoms with Crippen LogP contribution in [0.5, 0.6) is 11.5 Å². The molecule has 0 saturated carbocycles. The molecule has 4 heterocycles. The van der Waals surface area contributed by atoms with E-state index in [0.29, 0.717) is 73.9 Å². The SMILES string of the molecule is COc1cc(N2CCN(C(=O)Cn3nc(C(F)(F)F)c(Cl)c3CN)CC2)ccc1Cl.COc1cc(N2CCN(C(=O)Cn3nc(C(F)(F)F)c(Cl)c3CN=[N+]=N)CC2)ccc1Cl.[Cl][Sn][Cl]. The molecule has 2 aromatic carbocycles. The molecule has 2 aliphatic heterocycles. The van der Waals surface area contributed by atoms with Crippen molar-refractivity contribution in [1.29, 1.82) is 5.53 Å². The van der Waals surface area contributed by atoms with E-state index in [1.54, 1.807) is 28.0 Å². The first kappa shape index (κ1) is 54.0. The van der Waals surface area contributed by atoms with Crippen LogP contribution in [0.25, 0.3) is 0 Å². The molecule has 0 spiro atoms. The number of carbonyl (C=O) groups excluding carboxylic acids is 2. The molecule has 2 saturated heterocycles. The number of aromatic nitrogens is 4. The molecular weight excluding hydrogens is 1110 g/mol. The van der Waals surface area contributed by atoms with Gasteiger partial charge in [-0.2, -0.15) is 36.5 Å². The standard InChI is InChI=1S/C18H19Cl2F3N7O2.C18H20Cl2F3N5O2.2ClH.Sn/c1-32-14-8-11(2-3-12(14)19)28-4-6-29(7-5-28)15(31)10-30-13(9-25-27-24)16(20)17(26-30)18(21,22)23;1-30-14-8-11(2-3-12(14)19)26-4-6-27(7-5-26)15(29)10-28-13(9-24)16(20)17(25-28)18(21,22)23;;;/h2-3,8,24H,4-7,9-10H2,1H3;2-3,8H,4-7,9-10,24H2,1H3;2*1H;/q+1;;;;+2/p-2. The summed E-state index contributed by atoms with van der Waals surface area (Å²) in [7, 11) is 12.9. The first-order valence-electron chi connectivity index (χ1n) is 18.8. The van der Waals surface area contributed by atoms with E-state index in [2.05, 4.69) is 30.0 Å². The molecule has 0 atom stereocenters. The molecule has 2 amide bonds. The number of nitrogens with one attached hydrogen (secondary N) is 1. The second-order valence-electron chi connectivity index (χ2n) is 13.6. The maximum atomic E-state index is 13.2. The average Bonchev–Trinajstić information content (AvgIpc) is 3.77. The van der Waals surface area contributed by atoms with E-state index >= 15 is 0 Å². The van der Waals surface area contributed by atoms with Crippen molar-refractivity contribution in [3.63, 3.8) is 0 Å². The average molecular weight is 1150 g/mol. The molecule has 0 bridgehead atoms. The van der Waals surface area contributed by atoms with Crippen molar-refractivity contribution in [2.75, 3.05) is 76.4 Å². The van der Waals surface area contributed by atoms with Crippen molar-refractivity contribution >= 4 is 106 Å². The van der Waals surface area contributed by atoms with Gasteiger partial charge in [0.25, 0.3) is 0 Å². The first-order chi connectivity index (χ1) is 30.7. The van der Waals surface area contributed by atoms with Crippen LogP contribution in [0.3, 0.4) is 0 Å². The molecule has 3 N–H and O–H groups in total. The van der Waals surface area contributed by atoms with Crippen LogP contribution >= 0.6 is 64.2 Å². The number of nitrogens with zero attached hydrogens (tertiary/aromatic N) is 10. The molecular formula is C36H39Cl6F6N12O4Sn+. The predicted octanol–water partition coefficient (Wildman–Crippen LogP) is 7.64. The minimum atomic E-state index is -4.79. The van der Waals surface area contributed by atoms with Crippen LogP contribution < -0.4 is 29.9 Å². The fraction of sp³-hybridized carbons (Fsp3) is 0.444. The number of ether oxygens (including phenoxy) is 2. The van der Waals surface area contributed by atoms with E-state index < -0.39 is 71.7 Å². The molecule has 2 aromatic heterocycles. The van der Waals surface area contributed by atoms with Crippen LogP contribution in [0.2, 0.25) is 20.1 Å². The topological polar surface area (TPSA) is 178 Å². The molecule has 2 radical (unpaired) electrons. The van der Waals surface area contributed by atoms with Gasteiger partial charge in [-0.15, -0.1) is 0 Å². The second-order valence-corrected chi connectivity index (χ2v) is 19.4. The molecule has 6 rings (SSSR count). The van der Waals surface area contributed by atoms with E-state index in [1.807, 2.05) is 18.2 Å². The summed E-state index contributed by atoms with van der Waals surface area (Å²) >= 11 is 22.9. The Labute approximate surface area is 405 Å². The maximum absolute atomic E-state index is 13.2. The van der Waals surface area contributed by atoms with Gasteiger partial charge in [-0.25, -0.2) is 0 Å². The fourth-order valence-electron chi connectivity index (χ4n) is 6.60. The summed E-state index contributed by atoms with van der Waals surface area (Å²) in [5, 5.41) is 10.1. The van der Waals surface area contributed by atoms with Crippen molar-refractivity contribution in [2.45, 2.75) is 38.5 Å². The normalized spacial score (nSPS) is 14.2. The Morgan fingerprint density at radius 1 is 0.723 bits per heavy atom. The Morgan fingerprint density at radius 2 is 1.09 bits per heavy atom. The molecule has 354 valence electrons. The fourth-order valence-corrected chi connectivity index (χ4v) is 7.61. The summed E-state index contributed by atoms with van der Waals surface area (Å²) < 4.78 is 90.9. The van der Waals surface area contributed by atoms with E-state index in [9.17, 15) is 35.9 Å². The molecule has 29 heteroatoms. The summed E-state index contributed by atoms with van der Waals surface area (Å²) in [5.41, 5.74) is 11.3. The van der Waals surface area contributed by atoms with E-state index in [0.717, 1.165) is 20.7 Å². The summed E-state index contributed by atoms with van der Waals surface area (Å²) in [6.45, 7) is 2.22. The Kier molecular flexibility index (Phi) is 20.3. The van der Waals surface area contributed by atoms with Crippen molar-refractivity contribution in [1.82, 2.24) is 34.3 Å². The molecule has 0 unspecified atom stereocenters. The van der Waals surface area contributed by atoms with Crippen LogP contribution in [0.1, 0.15) is 22.8 Å². The zero-order valence-corrected chi connectivity index (χ0v) is 41.6. The van der Waals surface area contributed by atoms with Gasteiger partial charge in [-0.1, -0.05) is 46.4 Å². The summed E-state index contributed by atoms with van der Waals surface area (Å²) in [4.78, 5) is 35.4. The van der Waals surface area contributed by atoms with Gasteiger partial charge in [0.1, 0.15) is 35.2 Å². The van der Waals surface area contributed by atoms with Gasteiger partial charge in [0.2, 0.25) is 16.7 Å². The summed E-state index contributed by atoms with van der Waals surface area (Å²) in [5.74, 6) is 0.329. The zero-order valence-electron chi connectivity index (χ0n) is 34.2. The number of halogens is 12. The Balaban J connectivity index is 0.000000269. The molecule has 4 aromatic rings. The van der Waals surface area contributed by atoms with Crippen molar-refractivity contribution in [2.24, 2.45) is 10.8 Å². The predicted molar refractivity (Wildman–Crippen MR) is 234 cm³/mol. The Morgan fingerprint density at radius 3 is 1.43 bits per heavy atom. The number of amides is 2. The zero-order chi connectivity index (χ0) is 48.2. The molecule has 0 aliphatic carbocycles. The third-order valence-electron chi connectivity index (χ3n) is 9.84.